The number of nitrogens with zero attached hydrogens (tertiary/aromatic N) is 1. The third kappa shape index (κ3) is 3.66. The standard InChI is InChI=1S/C19H27NO4/c1-5-7-11-20-16-13-14(24-12-8-6-2)9-10-15(16)17(22-3)18(23-4)19(20)21/h9-10,13H,5-8,11-12H2,1-4H3. The molecule has 0 aliphatic heterocycles. The summed E-state index contributed by atoms with van der Waals surface area (Å²) in [5, 5.41) is 0.855. The van der Waals surface area contributed by atoms with Crippen LogP contribution in [-0.2, 0) is 6.54 Å². The minimum Gasteiger partial charge on any atom is -0.494 e. The normalized spacial score (nSPS) is 10.8. The topological polar surface area (TPSA) is 49.7 Å². The molecular formula is C19H27NO4. The van der Waals surface area contributed by atoms with Gasteiger partial charge in [-0.25, -0.2) is 0 Å². The fourth-order valence-corrected chi connectivity index (χ4v) is 2.72. The Labute approximate surface area is 143 Å². The summed E-state index contributed by atoms with van der Waals surface area (Å²) in [4.78, 5) is 12.8. The summed E-state index contributed by atoms with van der Waals surface area (Å²) in [5.74, 6) is 1.50. The Kier molecular flexibility index (Phi) is 6.53. The van der Waals surface area contributed by atoms with Crippen molar-refractivity contribution in [3.8, 4) is 17.2 Å². The second-order valence-corrected chi connectivity index (χ2v) is 5.76. The number of rotatable bonds is 9. The molecule has 0 saturated carbocycles. The van der Waals surface area contributed by atoms with E-state index in [4.69, 9.17) is 14.2 Å². The number of ether oxygens (including phenoxy) is 3. The molecule has 5 nitrogen and oxygen atoms in total. The lowest BCUT2D eigenvalue weighted by Crippen LogP contribution is -2.23. The van der Waals surface area contributed by atoms with Gasteiger partial charge in [-0.05, 0) is 25.0 Å². The number of aryl methyl sites for hydroxylation is 1. The summed E-state index contributed by atoms with van der Waals surface area (Å²) in [6, 6.07) is 5.76. The lowest BCUT2D eigenvalue weighted by molar-refractivity contribution is 0.309. The van der Waals surface area contributed by atoms with Crippen molar-refractivity contribution < 1.29 is 14.2 Å². The summed E-state index contributed by atoms with van der Waals surface area (Å²) < 4.78 is 18.3. The monoisotopic (exact) mass is 333 g/mol. The number of fused-ring (bicyclic) bond motifs is 1. The maximum Gasteiger partial charge on any atom is 0.297 e. The van der Waals surface area contributed by atoms with Crippen molar-refractivity contribution in [3.05, 3.63) is 28.6 Å². The molecule has 0 unspecified atom stereocenters. The quantitative estimate of drug-likeness (QED) is 0.651. The number of benzene rings is 1. The van der Waals surface area contributed by atoms with Gasteiger partial charge in [-0.1, -0.05) is 26.7 Å². The number of pyridine rings is 1. The highest BCUT2D eigenvalue weighted by molar-refractivity contribution is 5.89. The first-order valence-corrected chi connectivity index (χ1v) is 8.59. The van der Waals surface area contributed by atoms with Gasteiger partial charge in [0, 0.05) is 18.0 Å². The summed E-state index contributed by atoms with van der Waals surface area (Å²) in [7, 11) is 3.05. The van der Waals surface area contributed by atoms with Crippen molar-refractivity contribution in [3.63, 3.8) is 0 Å². The highest BCUT2D eigenvalue weighted by atomic mass is 16.5. The zero-order valence-electron chi connectivity index (χ0n) is 15.1. The third-order valence-electron chi connectivity index (χ3n) is 4.06. The number of hydrogen-bond acceptors (Lipinski definition) is 4. The first kappa shape index (κ1) is 18.2. The van der Waals surface area contributed by atoms with Crippen molar-refractivity contribution in [1.82, 2.24) is 4.57 Å². The number of aromatic nitrogens is 1. The molecule has 0 aliphatic rings. The summed E-state index contributed by atoms with van der Waals surface area (Å²) in [6.45, 7) is 5.55. The van der Waals surface area contributed by atoms with Gasteiger partial charge >= 0.3 is 0 Å². The Hall–Kier alpha value is -2.17. The van der Waals surface area contributed by atoms with Crippen LogP contribution in [0.5, 0.6) is 17.2 Å². The van der Waals surface area contributed by atoms with Gasteiger partial charge < -0.3 is 18.8 Å². The predicted octanol–water partition coefficient (Wildman–Crippen LogP) is 4.00. The van der Waals surface area contributed by atoms with E-state index in [9.17, 15) is 4.79 Å². The average molecular weight is 333 g/mol. The Morgan fingerprint density at radius 3 is 2.33 bits per heavy atom. The summed E-state index contributed by atoms with van der Waals surface area (Å²) >= 11 is 0. The van der Waals surface area contributed by atoms with Crippen LogP contribution in [0.25, 0.3) is 10.9 Å². The highest BCUT2D eigenvalue weighted by Crippen LogP contribution is 2.34. The van der Waals surface area contributed by atoms with Crippen LogP contribution in [0.3, 0.4) is 0 Å². The van der Waals surface area contributed by atoms with E-state index >= 15 is 0 Å². The Morgan fingerprint density at radius 1 is 1.00 bits per heavy atom. The van der Waals surface area contributed by atoms with Crippen LogP contribution in [0.1, 0.15) is 39.5 Å². The average Bonchev–Trinajstić information content (AvgIpc) is 2.60. The van der Waals surface area contributed by atoms with Gasteiger partial charge in [0.2, 0.25) is 5.75 Å². The van der Waals surface area contributed by atoms with Crippen LogP contribution >= 0.6 is 0 Å². The second kappa shape index (κ2) is 8.62. The van der Waals surface area contributed by atoms with Crippen molar-refractivity contribution in [2.45, 2.75) is 46.1 Å². The fourth-order valence-electron chi connectivity index (χ4n) is 2.72. The molecule has 5 heteroatoms. The van der Waals surface area contributed by atoms with Gasteiger partial charge in [0.05, 0.1) is 26.3 Å². The molecule has 0 atom stereocenters. The molecule has 0 saturated heterocycles. The molecule has 0 N–H and O–H groups in total. The van der Waals surface area contributed by atoms with E-state index in [0.717, 1.165) is 42.3 Å². The minimum atomic E-state index is -0.166. The Bertz CT molecular complexity index is 736. The van der Waals surface area contributed by atoms with Crippen LogP contribution < -0.4 is 19.8 Å². The van der Waals surface area contributed by atoms with E-state index in [1.165, 1.54) is 7.11 Å². The van der Waals surface area contributed by atoms with Gasteiger partial charge in [0.1, 0.15) is 5.75 Å². The summed E-state index contributed by atoms with van der Waals surface area (Å²) in [6.07, 6.45) is 4.02. The first-order valence-electron chi connectivity index (χ1n) is 8.59. The maximum absolute atomic E-state index is 12.8. The van der Waals surface area contributed by atoms with E-state index < -0.39 is 0 Å². The van der Waals surface area contributed by atoms with Gasteiger partial charge in [-0.2, -0.15) is 0 Å². The molecule has 0 spiro atoms. The largest absolute Gasteiger partial charge is 0.494 e. The van der Waals surface area contributed by atoms with Crippen molar-refractivity contribution >= 4 is 10.9 Å². The zero-order chi connectivity index (χ0) is 17.5. The van der Waals surface area contributed by atoms with Gasteiger partial charge in [-0.15, -0.1) is 0 Å². The van der Waals surface area contributed by atoms with Crippen LogP contribution in [0.15, 0.2) is 23.0 Å². The second-order valence-electron chi connectivity index (χ2n) is 5.76. The maximum atomic E-state index is 12.8. The van der Waals surface area contributed by atoms with Crippen molar-refractivity contribution in [2.75, 3.05) is 20.8 Å². The smallest absolute Gasteiger partial charge is 0.297 e. The van der Waals surface area contributed by atoms with Gasteiger partial charge in [0.15, 0.2) is 5.75 Å². The molecule has 0 aliphatic carbocycles. The summed E-state index contributed by atoms with van der Waals surface area (Å²) in [5.41, 5.74) is 0.654. The van der Waals surface area contributed by atoms with Crippen LogP contribution in [0.2, 0.25) is 0 Å². The predicted molar refractivity (Wildman–Crippen MR) is 96.6 cm³/mol. The highest BCUT2D eigenvalue weighted by Gasteiger charge is 2.18. The molecule has 1 aromatic carbocycles. The lowest BCUT2D eigenvalue weighted by atomic mass is 10.1. The Morgan fingerprint density at radius 2 is 1.71 bits per heavy atom. The number of unbranched alkanes of at least 4 members (excludes halogenated alkanes) is 2. The fraction of sp³-hybridized carbons (Fsp3) is 0.526. The SMILES string of the molecule is CCCCOc1ccc2c(OC)c(OC)c(=O)n(CCCC)c2c1. The molecule has 0 radical (unpaired) electrons. The van der Waals surface area contributed by atoms with E-state index in [0.29, 0.717) is 18.9 Å². The van der Waals surface area contributed by atoms with Crippen LogP contribution in [0, 0.1) is 0 Å². The van der Waals surface area contributed by atoms with E-state index in [1.54, 1.807) is 11.7 Å². The third-order valence-corrected chi connectivity index (χ3v) is 4.06. The number of methoxy groups -OCH3 is 2. The van der Waals surface area contributed by atoms with Gasteiger partial charge in [-0.3, -0.25) is 4.79 Å². The zero-order valence-corrected chi connectivity index (χ0v) is 15.1. The molecule has 24 heavy (non-hydrogen) atoms. The molecule has 1 heterocycles. The molecule has 2 aromatic rings. The molecule has 0 fully saturated rings. The van der Waals surface area contributed by atoms with Crippen molar-refractivity contribution in [2.24, 2.45) is 0 Å². The van der Waals surface area contributed by atoms with E-state index in [1.807, 2.05) is 18.2 Å². The molecule has 2 rings (SSSR count). The van der Waals surface area contributed by atoms with Crippen molar-refractivity contribution in [1.29, 1.82) is 0 Å². The molecule has 0 bridgehead atoms. The van der Waals surface area contributed by atoms with E-state index in [-0.39, 0.29) is 11.3 Å². The van der Waals surface area contributed by atoms with Gasteiger partial charge in [0.25, 0.3) is 5.56 Å². The molecule has 132 valence electrons. The Balaban J connectivity index is 2.61. The number of hydrogen-bond donors (Lipinski definition) is 0. The minimum absolute atomic E-state index is 0.166. The van der Waals surface area contributed by atoms with E-state index in [2.05, 4.69) is 13.8 Å². The van der Waals surface area contributed by atoms with Crippen LogP contribution in [-0.4, -0.2) is 25.4 Å². The molecule has 1 aromatic heterocycles. The lowest BCUT2D eigenvalue weighted by Gasteiger charge is -2.17. The first-order chi connectivity index (χ1) is 11.7. The molecular weight excluding hydrogens is 306 g/mol. The van der Waals surface area contributed by atoms with Crippen LogP contribution in [0.4, 0.5) is 0 Å². The molecule has 0 amide bonds.